The van der Waals surface area contributed by atoms with E-state index in [4.69, 9.17) is 0 Å². The zero-order valence-corrected chi connectivity index (χ0v) is 11.4. The summed E-state index contributed by atoms with van der Waals surface area (Å²) >= 11 is 0. The van der Waals surface area contributed by atoms with Gasteiger partial charge >= 0.3 is 0 Å². The van der Waals surface area contributed by atoms with E-state index in [2.05, 4.69) is 9.97 Å². The summed E-state index contributed by atoms with van der Waals surface area (Å²) in [5.74, 6) is 0. The van der Waals surface area contributed by atoms with E-state index in [1.54, 1.807) is 6.92 Å². The molecule has 0 radical (unpaired) electrons. The van der Waals surface area contributed by atoms with Crippen LogP contribution in [-0.4, -0.2) is 24.6 Å². The van der Waals surface area contributed by atoms with Crippen LogP contribution in [0.3, 0.4) is 0 Å². The molecule has 0 aliphatic carbocycles. The summed E-state index contributed by atoms with van der Waals surface area (Å²) in [5, 5.41) is 1.99. The first-order chi connectivity index (χ1) is 8.97. The van der Waals surface area contributed by atoms with Crippen molar-refractivity contribution < 1.29 is 8.42 Å². The van der Waals surface area contributed by atoms with Crippen LogP contribution in [0.2, 0.25) is 0 Å². The van der Waals surface area contributed by atoms with Gasteiger partial charge in [-0.2, -0.15) is 0 Å². The molecule has 0 saturated heterocycles. The molecule has 1 heterocycles. The Kier molecular flexibility index (Phi) is 2.53. The average molecular weight is 272 g/mol. The Bertz CT molecular complexity index is 902. The van der Waals surface area contributed by atoms with Crippen molar-refractivity contribution in [2.75, 3.05) is 6.26 Å². The molecule has 0 bridgehead atoms. The molecule has 0 aliphatic rings. The second-order valence-electron chi connectivity index (χ2n) is 4.54. The normalized spacial score (nSPS) is 12.1. The Labute approximate surface area is 111 Å². The van der Waals surface area contributed by atoms with Crippen molar-refractivity contribution in [3.63, 3.8) is 0 Å². The third kappa shape index (κ3) is 1.96. The molecule has 0 aliphatic heterocycles. The fraction of sp³-hybridized carbons (Fsp3) is 0.143. The van der Waals surface area contributed by atoms with Crippen molar-refractivity contribution in [2.24, 2.45) is 0 Å². The van der Waals surface area contributed by atoms with Gasteiger partial charge in [-0.05, 0) is 18.4 Å². The van der Waals surface area contributed by atoms with Crippen molar-refractivity contribution >= 4 is 31.6 Å². The first-order valence-electron chi connectivity index (χ1n) is 5.83. The average Bonchev–Trinajstić information content (AvgIpc) is 2.36. The molecule has 1 aromatic heterocycles. The van der Waals surface area contributed by atoms with Crippen LogP contribution in [0.1, 0.15) is 5.69 Å². The lowest BCUT2D eigenvalue weighted by atomic mass is 10.1. The predicted molar refractivity (Wildman–Crippen MR) is 74.9 cm³/mol. The Morgan fingerprint density at radius 1 is 1.00 bits per heavy atom. The van der Waals surface area contributed by atoms with Gasteiger partial charge in [-0.1, -0.05) is 30.3 Å². The van der Waals surface area contributed by atoms with Gasteiger partial charge in [0.2, 0.25) is 0 Å². The van der Waals surface area contributed by atoms with E-state index >= 15 is 0 Å². The third-order valence-electron chi connectivity index (χ3n) is 3.04. The lowest BCUT2D eigenvalue weighted by Crippen LogP contribution is -2.05. The number of rotatable bonds is 1. The number of hydrogen-bond donors (Lipinski definition) is 0. The molecule has 5 heteroatoms. The SMILES string of the molecule is Cc1nc2ccc3ccccc3c2nc1S(C)(=O)=O. The van der Waals surface area contributed by atoms with E-state index in [1.807, 2.05) is 36.4 Å². The van der Waals surface area contributed by atoms with Crippen molar-refractivity contribution in [3.05, 3.63) is 42.1 Å². The van der Waals surface area contributed by atoms with E-state index in [1.165, 1.54) is 0 Å². The number of aromatic nitrogens is 2. The highest BCUT2D eigenvalue weighted by Crippen LogP contribution is 2.24. The second kappa shape index (κ2) is 3.99. The summed E-state index contributed by atoms with van der Waals surface area (Å²) in [5.41, 5.74) is 1.78. The number of aryl methyl sites for hydroxylation is 1. The molecule has 0 amide bonds. The number of sulfone groups is 1. The third-order valence-corrected chi connectivity index (χ3v) is 4.13. The summed E-state index contributed by atoms with van der Waals surface area (Å²) in [7, 11) is -3.37. The summed E-state index contributed by atoms with van der Waals surface area (Å²) in [6, 6.07) is 11.6. The van der Waals surface area contributed by atoms with Crippen LogP contribution in [0.4, 0.5) is 0 Å². The number of benzene rings is 2. The van der Waals surface area contributed by atoms with E-state index in [0.29, 0.717) is 16.7 Å². The van der Waals surface area contributed by atoms with Crippen molar-refractivity contribution in [1.82, 2.24) is 9.97 Å². The van der Waals surface area contributed by atoms with E-state index in [0.717, 1.165) is 17.0 Å². The van der Waals surface area contributed by atoms with Crippen molar-refractivity contribution in [2.45, 2.75) is 11.9 Å². The maximum Gasteiger partial charge on any atom is 0.194 e. The molecule has 2 aromatic carbocycles. The van der Waals surface area contributed by atoms with E-state index < -0.39 is 9.84 Å². The molecule has 0 fully saturated rings. The molecular formula is C14H12N2O2S. The molecule has 0 saturated carbocycles. The summed E-state index contributed by atoms with van der Waals surface area (Å²) in [6.45, 7) is 1.66. The number of fused-ring (bicyclic) bond motifs is 3. The molecule has 4 nitrogen and oxygen atoms in total. The van der Waals surface area contributed by atoms with E-state index in [9.17, 15) is 8.42 Å². The Morgan fingerprint density at radius 3 is 2.47 bits per heavy atom. The van der Waals surface area contributed by atoms with Crippen LogP contribution >= 0.6 is 0 Å². The maximum atomic E-state index is 11.7. The highest BCUT2D eigenvalue weighted by molar-refractivity contribution is 7.90. The van der Waals surface area contributed by atoms with E-state index in [-0.39, 0.29) is 5.03 Å². The van der Waals surface area contributed by atoms with Gasteiger partial charge in [0.15, 0.2) is 14.9 Å². The van der Waals surface area contributed by atoms with Crippen molar-refractivity contribution in [1.29, 1.82) is 0 Å². The van der Waals surface area contributed by atoms with Crippen LogP contribution < -0.4 is 0 Å². The van der Waals surface area contributed by atoms with Crippen LogP contribution in [0.25, 0.3) is 21.8 Å². The first-order valence-corrected chi connectivity index (χ1v) is 7.72. The summed E-state index contributed by atoms with van der Waals surface area (Å²) in [6.07, 6.45) is 1.15. The maximum absolute atomic E-state index is 11.7. The van der Waals surface area contributed by atoms with Gasteiger partial charge in [-0.3, -0.25) is 0 Å². The highest BCUT2D eigenvalue weighted by Gasteiger charge is 2.16. The molecule has 0 spiro atoms. The zero-order valence-electron chi connectivity index (χ0n) is 10.6. The molecule has 19 heavy (non-hydrogen) atoms. The lowest BCUT2D eigenvalue weighted by molar-refractivity contribution is 0.597. The minimum absolute atomic E-state index is 0.0522. The standard InChI is InChI=1S/C14H12N2O2S/c1-9-14(19(2,17)18)16-13-11-6-4-3-5-10(11)7-8-12(13)15-9/h3-8H,1-2H3. The van der Waals surface area contributed by atoms with Gasteiger partial charge in [0.05, 0.1) is 16.7 Å². The molecule has 0 atom stereocenters. The molecule has 3 aromatic rings. The van der Waals surface area contributed by atoms with Crippen LogP contribution in [0.15, 0.2) is 41.4 Å². The highest BCUT2D eigenvalue weighted by atomic mass is 32.2. The molecule has 3 rings (SSSR count). The predicted octanol–water partition coefficient (Wildman–Crippen LogP) is 2.49. The van der Waals surface area contributed by atoms with Gasteiger partial charge < -0.3 is 0 Å². The Balaban J connectivity index is 2.52. The number of nitrogens with zero attached hydrogens (tertiary/aromatic N) is 2. The summed E-state index contributed by atoms with van der Waals surface area (Å²) in [4.78, 5) is 8.67. The van der Waals surface area contributed by atoms with Gasteiger partial charge in [-0.25, -0.2) is 18.4 Å². The van der Waals surface area contributed by atoms with Crippen LogP contribution in [0.5, 0.6) is 0 Å². The lowest BCUT2D eigenvalue weighted by Gasteiger charge is -2.07. The Morgan fingerprint density at radius 2 is 1.74 bits per heavy atom. The largest absolute Gasteiger partial charge is 0.248 e. The smallest absolute Gasteiger partial charge is 0.194 e. The monoisotopic (exact) mass is 272 g/mol. The topological polar surface area (TPSA) is 59.9 Å². The minimum atomic E-state index is -3.37. The van der Waals surface area contributed by atoms with Crippen LogP contribution in [-0.2, 0) is 9.84 Å². The van der Waals surface area contributed by atoms with Gasteiger partial charge in [0.25, 0.3) is 0 Å². The quantitative estimate of drug-likeness (QED) is 0.639. The first kappa shape index (κ1) is 12.0. The van der Waals surface area contributed by atoms with Gasteiger partial charge in [-0.15, -0.1) is 0 Å². The molecule has 0 N–H and O–H groups in total. The fourth-order valence-electron chi connectivity index (χ4n) is 2.21. The fourth-order valence-corrected chi connectivity index (χ4v) is 3.05. The Hall–Kier alpha value is -2.01. The van der Waals surface area contributed by atoms with Crippen LogP contribution in [0, 0.1) is 6.92 Å². The molecule has 0 unspecified atom stereocenters. The molecule has 96 valence electrons. The van der Waals surface area contributed by atoms with Crippen molar-refractivity contribution in [3.8, 4) is 0 Å². The zero-order chi connectivity index (χ0) is 13.6. The molecular weight excluding hydrogens is 260 g/mol. The second-order valence-corrected chi connectivity index (χ2v) is 6.47. The summed E-state index contributed by atoms with van der Waals surface area (Å²) < 4.78 is 23.5. The van der Waals surface area contributed by atoms with Gasteiger partial charge in [0, 0.05) is 11.6 Å². The minimum Gasteiger partial charge on any atom is -0.248 e. The van der Waals surface area contributed by atoms with Gasteiger partial charge in [0.1, 0.15) is 0 Å². The number of hydrogen-bond acceptors (Lipinski definition) is 4.